The van der Waals surface area contributed by atoms with Crippen LogP contribution in [0.2, 0.25) is 0 Å². The quantitative estimate of drug-likeness (QED) is 0.485. The van der Waals surface area contributed by atoms with Crippen LogP contribution in [0.4, 0.5) is 11.5 Å². The normalized spacial score (nSPS) is 24.2. The summed E-state index contributed by atoms with van der Waals surface area (Å²) >= 11 is 0. The molecule has 1 saturated heterocycles. The van der Waals surface area contributed by atoms with Gasteiger partial charge in [-0.3, -0.25) is 9.11 Å². The fourth-order valence-electron chi connectivity index (χ4n) is 4.48. The van der Waals surface area contributed by atoms with Crippen molar-refractivity contribution in [2.75, 3.05) is 35.2 Å². The first-order valence-corrected chi connectivity index (χ1v) is 12.1. The minimum atomic E-state index is -2.85. The number of hydrogen-bond acceptors (Lipinski definition) is 7. The summed E-state index contributed by atoms with van der Waals surface area (Å²) in [4.78, 5) is 9.58. The Bertz CT molecular complexity index is 1130. The number of hydrogen-bond donors (Lipinski definition) is 4. The number of aryl methyl sites for hydroxylation is 1. The monoisotopic (exact) mass is 441 g/mol. The zero-order valence-corrected chi connectivity index (χ0v) is 18.2. The number of aliphatic hydroxyl groups excluding tert-OH is 2. The van der Waals surface area contributed by atoms with Crippen molar-refractivity contribution in [2.45, 2.75) is 30.6 Å². The van der Waals surface area contributed by atoms with Crippen molar-refractivity contribution in [3.05, 3.63) is 59.7 Å². The molecule has 4 N–H and O–H groups in total. The number of pyridine rings is 1. The zero-order chi connectivity index (χ0) is 21.8. The predicted octanol–water partition coefficient (Wildman–Crippen LogP) is 3.21. The van der Waals surface area contributed by atoms with Gasteiger partial charge in [-0.25, -0.2) is 4.98 Å². The molecular formula is C23H27N3O4S. The molecule has 2 aliphatic rings. The maximum Gasteiger partial charge on any atom is 0.131 e. The first-order valence-electron chi connectivity index (χ1n) is 10.4. The van der Waals surface area contributed by atoms with Crippen LogP contribution in [-0.2, 0) is 6.54 Å². The van der Waals surface area contributed by atoms with Crippen LogP contribution in [0.25, 0.3) is 10.9 Å². The van der Waals surface area contributed by atoms with Crippen molar-refractivity contribution in [2.24, 2.45) is 0 Å². The van der Waals surface area contributed by atoms with Crippen LogP contribution < -0.4 is 9.80 Å². The third-order valence-electron chi connectivity index (χ3n) is 6.18. The Labute approximate surface area is 182 Å². The molecule has 0 bridgehead atoms. The smallest absolute Gasteiger partial charge is 0.131 e. The van der Waals surface area contributed by atoms with Crippen molar-refractivity contribution >= 4 is 33.0 Å². The highest BCUT2D eigenvalue weighted by Gasteiger charge is 2.32. The summed E-state index contributed by atoms with van der Waals surface area (Å²) in [6, 6.07) is 15.5. The van der Waals surface area contributed by atoms with Gasteiger partial charge in [0.1, 0.15) is 5.82 Å². The molecule has 0 aliphatic carbocycles. The first-order chi connectivity index (χ1) is 14.8. The summed E-state index contributed by atoms with van der Waals surface area (Å²) in [6.45, 7) is 3.74. The lowest BCUT2D eigenvalue weighted by Crippen LogP contribution is -2.27. The van der Waals surface area contributed by atoms with Gasteiger partial charge in [-0.2, -0.15) is 10.6 Å². The highest BCUT2D eigenvalue weighted by atomic mass is 32.3. The molecule has 2 atom stereocenters. The second-order valence-corrected chi connectivity index (χ2v) is 10.6. The molecular weight excluding hydrogens is 414 g/mol. The van der Waals surface area contributed by atoms with E-state index in [1.54, 1.807) is 6.07 Å². The van der Waals surface area contributed by atoms with Gasteiger partial charge >= 0.3 is 0 Å². The van der Waals surface area contributed by atoms with Gasteiger partial charge in [0, 0.05) is 37.6 Å². The predicted molar refractivity (Wildman–Crippen MR) is 124 cm³/mol. The molecule has 0 unspecified atom stereocenters. The Balaban J connectivity index is 1.60. The van der Waals surface area contributed by atoms with Crippen molar-refractivity contribution < 1.29 is 19.3 Å². The zero-order valence-electron chi connectivity index (χ0n) is 17.3. The van der Waals surface area contributed by atoms with E-state index in [0.29, 0.717) is 31.1 Å². The van der Waals surface area contributed by atoms with Gasteiger partial charge in [0.25, 0.3) is 0 Å². The summed E-state index contributed by atoms with van der Waals surface area (Å²) in [5, 5.41) is 21.2. The molecule has 5 rings (SSSR count). The van der Waals surface area contributed by atoms with E-state index in [1.807, 2.05) is 48.2 Å². The fraction of sp³-hybridized carbons (Fsp3) is 0.348. The molecule has 0 saturated carbocycles. The minimum absolute atomic E-state index is 0.244. The number of aromatic nitrogens is 1. The van der Waals surface area contributed by atoms with Crippen LogP contribution in [0, 0.1) is 6.92 Å². The summed E-state index contributed by atoms with van der Waals surface area (Å²) in [5.41, 5.74) is 3.75. The largest absolute Gasteiger partial charge is 0.389 e. The lowest BCUT2D eigenvalue weighted by molar-refractivity contribution is 0.0572. The average Bonchev–Trinajstić information content (AvgIpc) is 3.01. The molecule has 0 radical (unpaired) electrons. The Kier molecular flexibility index (Phi) is 5.07. The molecule has 3 heterocycles. The van der Waals surface area contributed by atoms with Crippen LogP contribution in [0.1, 0.15) is 11.1 Å². The number of anilines is 2. The molecule has 0 spiro atoms. The van der Waals surface area contributed by atoms with E-state index in [4.69, 9.17) is 4.98 Å². The fourth-order valence-corrected chi connectivity index (χ4v) is 6.02. The second-order valence-electron chi connectivity index (χ2n) is 8.46. The minimum Gasteiger partial charge on any atom is -0.389 e. The third-order valence-corrected chi connectivity index (χ3v) is 8.04. The molecule has 0 amide bonds. The SMILES string of the molecule is Cc1ccc2nc(N3CCS(O)(O)c4ccccc4C3)cc(N3C[C@H](O)[C@@H](O)C3)c2c1. The number of fused-ring (bicyclic) bond motifs is 2. The van der Waals surface area contributed by atoms with Crippen LogP contribution >= 0.6 is 10.6 Å². The van der Waals surface area contributed by atoms with Crippen molar-refractivity contribution in [1.29, 1.82) is 0 Å². The Morgan fingerprint density at radius 1 is 0.968 bits per heavy atom. The molecule has 2 aromatic carbocycles. The van der Waals surface area contributed by atoms with Crippen LogP contribution in [-0.4, -0.2) is 61.9 Å². The van der Waals surface area contributed by atoms with Gasteiger partial charge in [0.15, 0.2) is 0 Å². The molecule has 3 aromatic rings. The van der Waals surface area contributed by atoms with Crippen molar-refractivity contribution in [3.63, 3.8) is 0 Å². The highest BCUT2D eigenvalue weighted by molar-refractivity contribution is 8.24. The van der Waals surface area contributed by atoms with Gasteiger partial charge in [0.2, 0.25) is 0 Å². The maximum absolute atomic E-state index is 10.7. The van der Waals surface area contributed by atoms with Gasteiger partial charge < -0.3 is 20.0 Å². The van der Waals surface area contributed by atoms with Crippen LogP contribution in [0.3, 0.4) is 0 Å². The number of benzene rings is 2. The molecule has 31 heavy (non-hydrogen) atoms. The Morgan fingerprint density at radius 3 is 2.48 bits per heavy atom. The van der Waals surface area contributed by atoms with E-state index in [-0.39, 0.29) is 5.75 Å². The highest BCUT2D eigenvalue weighted by Crippen LogP contribution is 2.51. The first kappa shape index (κ1) is 20.5. The summed E-state index contributed by atoms with van der Waals surface area (Å²) in [7, 11) is -2.85. The van der Waals surface area contributed by atoms with E-state index in [9.17, 15) is 19.3 Å². The molecule has 1 fully saturated rings. The molecule has 7 nitrogen and oxygen atoms in total. The molecule has 164 valence electrons. The van der Waals surface area contributed by atoms with Gasteiger partial charge in [-0.15, -0.1) is 0 Å². The molecule has 2 aliphatic heterocycles. The lowest BCUT2D eigenvalue weighted by Gasteiger charge is -2.32. The van der Waals surface area contributed by atoms with Gasteiger partial charge in [-0.05, 0) is 30.7 Å². The van der Waals surface area contributed by atoms with Gasteiger partial charge in [-0.1, -0.05) is 29.8 Å². The standard InChI is InChI=1S/C23H27N3O4S/c1-15-6-7-18-17(10-15)19(26-13-20(27)21(28)14-26)11-23(24-18)25-8-9-31(29,30)22-5-3-2-4-16(22)12-25/h2-7,10-11,20-21,27-30H,8-9,12-14H2,1H3/t20-,21-/m0/s1. The molecule has 1 aromatic heterocycles. The average molecular weight is 442 g/mol. The number of rotatable bonds is 2. The summed E-state index contributed by atoms with van der Waals surface area (Å²) < 4.78 is 21.4. The maximum atomic E-state index is 10.7. The van der Waals surface area contributed by atoms with Gasteiger partial charge in [0.05, 0.1) is 34.1 Å². The Hall–Kier alpha value is -2.36. The van der Waals surface area contributed by atoms with Crippen LogP contribution in [0.15, 0.2) is 53.4 Å². The van der Waals surface area contributed by atoms with Crippen molar-refractivity contribution in [3.8, 4) is 0 Å². The van der Waals surface area contributed by atoms with E-state index >= 15 is 0 Å². The lowest BCUT2D eigenvalue weighted by atomic mass is 10.1. The summed E-state index contributed by atoms with van der Waals surface area (Å²) in [6.07, 6.45) is -1.57. The topological polar surface area (TPSA) is 100 Å². The van der Waals surface area contributed by atoms with E-state index in [2.05, 4.69) is 11.0 Å². The third kappa shape index (κ3) is 3.75. The number of β-amino-alcohol motifs (C(OH)–C–C–N with tert-alkyl or cyclic N) is 2. The van der Waals surface area contributed by atoms with Crippen molar-refractivity contribution in [1.82, 2.24) is 4.98 Å². The Morgan fingerprint density at radius 2 is 1.71 bits per heavy atom. The number of nitrogens with zero attached hydrogens (tertiary/aromatic N) is 3. The van der Waals surface area contributed by atoms with Crippen LogP contribution in [0.5, 0.6) is 0 Å². The second kappa shape index (κ2) is 7.65. The molecule has 8 heteroatoms. The van der Waals surface area contributed by atoms with E-state index < -0.39 is 22.8 Å². The number of aliphatic hydroxyl groups is 2. The summed E-state index contributed by atoms with van der Waals surface area (Å²) in [5.74, 6) is 0.989. The van der Waals surface area contributed by atoms with E-state index in [0.717, 1.165) is 33.5 Å². The van der Waals surface area contributed by atoms with E-state index in [1.165, 1.54) is 0 Å².